The fourth-order valence-corrected chi connectivity index (χ4v) is 0.439. The lowest BCUT2D eigenvalue weighted by Crippen LogP contribution is -1.79. The van der Waals surface area contributed by atoms with Gasteiger partial charge in [0.2, 0.25) is 0 Å². The molecule has 0 aliphatic carbocycles. The summed E-state index contributed by atoms with van der Waals surface area (Å²) in [6.07, 6.45) is 3.13. The summed E-state index contributed by atoms with van der Waals surface area (Å²) >= 11 is 4.59. The second-order valence-corrected chi connectivity index (χ2v) is 2.27. The highest BCUT2D eigenvalue weighted by Crippen LogP contribution is 1.99. The van der Waals surface area contributed by atoms with E-state index in [0.29, 0.717) is 0 Å². The van der Waals surface area contributed by atoms with Crippen LogP contribution in [0, 0.1) is 5.92 Å². The minimum Gasteiger partial charge on any atom is -0.0891 e. The second-order valence-electron chi connectivity index (χ2n) is 2.00. The highest BCUT2D eigenvalue weighted by atomic mass is 32.1. The Morgan fingerprint density at radius 1 is 1.57 bits per heavy atom. The van der Waals surface area contributed by atoms with E-state index in [-0.39, 0.29) is 0 Å². The third-order valence-electron chi connectivity index (χ3n) is 0.704. The molecule has 0 aromatic carbocycles. The van der Waals surface area contributed by atoms with Crippen LogP contribution >= 0.6 is 12.6 Å². The molecule has 0 spiro atoms. The van der Waals surface area contributed by atoms with Gasteiger partial charge in [-0.3, -0.25) is 0 Å². The van der Waals surface area contributed by atoms with Crippen LogP contribution < -0.4 is 0 Å². The van der Waals surface area contributed by atoms with Crippen LogP contribution in [-0.4, -0.2) is 0 Å². The molecule has 0 rings (SSSR count). The van der Waals surface area contributed by atoms with Crippen molar-refractivity contribution in [3.8, 4) is 0 Å². The summed E-state index contributed by atoms with van der Waals surface area (Å²) in [6.45, 7) is 4.35. The van der Waals surface area contributed by atoms with Crippen LogP contribution in [-0.2, 0) is 0 Å². The van der Waals surface area contributed by atoms with Crippen molar-refractivity contribution >= 4 is 12.6 Å². The van der Waals surface area contributed by atoms with Crippen LogP contribution in [0.25, 0.3) is 0 Å². The highest BCUT2D eigenvalue weighted by molar-refractivity contribution is 7.83. The Kier molecular flexibility index (Phi) is 4.10. The molecule has 0 amide bonds. The Bertz CT molecular complexity index is 55.2. The monoisotopic (exact) mass is 115 g/mol. The van der Waals surface area contributed by atoms with E-state index in [1.165, 1.54) is 0 Å². The van der Waals surface area contributed by atoms with E-state index in [0.717, 1.165) is 12.3 Å². The van der Waals surface area contributed by atoms with Crippen molar-refractivity contribution in [1.82, 2.24) is 0 Å². The van der Waals surface area contributed by atoms with Gasteiger partial charge in [-0.2, -0.15) is 0 Å². The SMILES string of the molecule is CC(C)C/C=C/[S]. The van der Waals surface area contributed by atoms with Gasteiger partial charge in [0.05, 0.1) is 0 Å². The van der Waals surface area contributed by atoms with Gasteiger partial charge in [0.25, 0.3) is 0 Å². The molecular formula is C6H11S. The molecule has 41 valence electrons. The molecule has 0 unspecified atom stereocenters. The van der Waals surface area contributed by atoms with Crippen LogP contribution in [0.1, 0.15) is 20.3 Å². The lowest BCUT2D eigenvalue weighted by Gasteiger charge is -1.93. The molecule has 0 aromatic heterocycles. The zero-order valence-electron chi connectivity index (χ0n) is 4.85. The molecule has 7 heavy (non-hydrogen) atoms. The molecule has 0 aromatic rings. The van der Waals surface area contributed by atoms with E-state index in [4.69, 9.17) is 0 Å². The average molecular weight is 115 g/mol. The van der Waals surface area contributed by atoms with Crippen molar-refractivity contribution in [2.75, 3.05) is 0 Å². The summed E-state index contributed by atoms with van der Waals surface area (Å²) in [5.74, 6) is 0.749. The second kappa shape index (κ2) is 4.13. The molecule has 0 N–H and O–H groups in total. The number of rotatable bonds is 2. The third kappa shape index (κ3) is 5.96. The van der Waals surface area contributed by atoms with E-state index >= 15 is 0 Å². The normalized spacial score (nSPS) is 11.3. The van der Waals surface area contributed by atoms with Gasteiger partial charge in [-0.15, -0.1) is 0 Å². The summed E-state index contributed by atoms with van der Waals surface area (Å²) < 4.78 is 0. The first-order valence-corrected chi connectivity index (χ1v) is 3.01. The molecule has 1 heteroatoms. The lowest BCUT2D eigenvalue weighted by molar-refractivity contribution is 0.664. The van der Waals surface area contributed by atoms with Gasteiger partial charge in [-0.25, -0.2) is 0 Å². The first-order chi connectivity index (χ1) is 3.27. The van der Waals surface area contributed by atoms with E-state index in [1.54, 1.807) is 5.41 Å². The maximum Gasteiger partial charge on any atom is -0.00264 e. The number of hydrogen-bond acceptors (Lipinski definition) is 0. The predicted octanol–water partition coefficient (Wildman–Crippen LogP) is 2.74. The van der Waals surface area contributed by atoms with Gasteiger partial charge in [0, 0.05) is 0 Å². The van der Waals surface area contributed by atoms with E-state index in [1.807, 2.05) is 6.08 Å². The fraction of sp³-hybridized carbons (Fsp3) is 0.667. The summed E-state index contributed by atoms with van der Waals surface area (Å²) in [6, 6.07) is 0. The van der Waals surface area contributed by atoms with Gasteiger partial charge >= 0.3 is 0 Å². The van der Waals surface area contributed by atoms with E-state index in [2.05, 4.69) is 26.5 Å². The van der Waals surface area contributed by atoms with Crippen LogP contribution in [0.15, 0.2) is 11.5 Å². The molecule has 0 saturated carbocycles. The minimum atomic E-state index is 0.749. The van der Waals surface area contributed by atoms with Crippen LogP contribution in [0.5, 0.6) is 0 Å². The molecule has 0 nitrogen and oxygen atoms in total. The van der Waals surface area contributed by atoms with Crippen molar-refractivity contribution in [3.63, 3.8) is 0 Å². The zero-order valence-corrected chi connectivity index (χ0v) is 5.66. The minimum absolute atomic E-state index is 0.749. The summed E-state index contributed by atoms with van der Waals surface area (Å²) in [7, 11) is 0. The standard InChI is InChI=1S/C6H11S/c1-6(2)4-3-5-7/h3,5-6H,4H2,1-2H3/b5-3+. The molecule has 0 aliphatic rings. The summed E-state index contributed by atoms with van der Waals surface area (Å²) in [5.41, 5.74) is 0. The van der Waals surface area contributed by atoms with Crippen molar-refractivity contribution in [2.45, 2.75) is 20.3 Å². The Labute approximate surface area is 51.0 Å². The first-order valence-electron chi connectivity index (χ1n) is 2.54. The quantitative estimate of drug-likeness (QED) is 0.519. The maximum atomic E-state index is 4.59. The van der Waals surface area contributed by atoms with Gasteiger partial charge in [-0.1, -0.05) is 32.6 Å². The molecule has 0 heterocycles. The van der Waals surface area contributed by atoms with Crippen LogP contribution in [0.4, 0.5) is 0 Å². The Morgan fingerprint density at radius 3 is 2.29 bits per heavy atom. The van der Waals surface area contributed by atoms with Crippen molar-refractivity contribution in [1.29, 1.82) is 0 Å². The molecule has 0 atom stereocenters. The van der Waals surface area contributed by atoms with Crippen LogP contribution in [0.3, 0.4) is 0 Å². The molecule has 0 bridgehead atoms. The third-order valence-corrected chi connectivity index (χ3v) is 0.896. The van der Waals surface area contributed by atoms with Crippen LogP contribution in [0.2, 0.25) is 0 Å². The van der Waals surface area contributed by atoms with Gasteiger partial charge in [0.15, 0.2) is 0 Å². The van der Waals surface area contributed by atoms with Gasteiger partial charge in [0.1, 0.15) is 0 Å². The Balaban J connectivity index is 2.97. The Hall–Kier alpha value is -0.0400. The van der Waals surface area contributed by atoms with E-state index < -0.39 is 0 Å². The van der Waals surface area contributed by atoms with Gasteiger partial charge < -0.3 is 0 Å². The molecule has 0 aliphatic heterocycles. The summed E-state index contributed by atoms with van der Waals surface area (Å²) in [4.78, 5) is 0. The lowest BCUT2D eigenvalue weighted by atomic mass is 10.1. The zero-order chi connectivity index (χ0) is 5.70. The molecular weight excluding hydrogens is 104 g/mol. The van der Waals surface area contributed by atoms with Crippen molar-refractivity contribution in [2.24, 2.45) is 5.92 Å². The van der Waals surface area contributed by atoms with Gasteiger partial charge in [-0.05, 0) is 17.7 Å². The molecule has 0 saturated heterocycles. The predicted molar refractivity (Wildman–Crippen MR) is 36.2 cm³/mol. The average Bonchev–Trinajstić information content (AvgIpc) is 1.61. The summed E-state index contributed by atoms with van der Waals surface area (Å²) in [5, 5.41) is 1.68. The molecule has 1 radical (unpaired) electrons. The highest BCUT2D eigenvalue weighted by Gasteiger charge is 1.84. The smallest absolute Gasteiger partial charge is 0.00264 e. The Morgan fingerprint density at radius 2 is 2.14 bits per heavy atom. The fourth-order valence-electron chi connectivity index (χ4n) is 0.328. The first kappa shape index (κ1) is 6.96. The topological polar surface area (TPSA) is 0 Å². The maximum absolute atomic E-state index is 4.59. The molecule has 0 fully saturated rings. The van der Waals surface area contributed by atoms with Crippen molar-refractivity contribution in [3.05, 3.63) is 11.5 Å². The number of hydrogen-bond donors (Lipinski definition) is 0. The van der Waals surface area contributed by atoms with E-state index in [9.17, 15) is 0 Å². The largest absolute Gasteiger partial charge is 0.0891 e. The number of allylic oxidation sites excluding steroid dienone is 1. The van der Waals surface area contributed by atoms with Crippen molar-refractivity contribution < 1.29 is 0 Å².